The molecule has 0 saturated carbocycles. The van der Waals surface area contributed by atoms with Gasteiger partial charge in [-0.3, -0.25) is 0 Å². The van der Waals surface area contributed by atoms with Crippen LogP contribution in [0.2, 0.25) is 0 Å². The Labute approximate surface area is 215 Å². The lowest BCUT2D eigenvalue weighted by atomic mass is 9.79. The number of hydrogen-bond donors (Lipinski definition) is 2. The van der Waals surface area contributed by atoms with Crippen molar-refractivity contribution in [3.8, 4) is 5.75 Å². The van der Waals surface area contributed by atoms with Crippen molar-refractivity contribution in [2.45, 2.75) is 83.3 Å². The zero-order chi connectivity index (χ0) is 27.1. The van der Waals surface area contributed by atoms with Gasteiger partial charge in [-0.25, -0.2) is 17.9 Å². The summed E-state index contributed by atoms with van der Waals surface area (Å²) in [5.74, 6) is 0.362. The minimum absolute atomic E-state index is 0.0982. The highest BCUT2D eigenvalue weighted by Gasteiger charge is 2.52. The number of rotatable bonds is 7. The molecular weight excluding hydrogens is 479 g/mol. The molecule has 196 valence electrons. The first-order valence-electron chi connectivity index (χ1n) is 12.1. The van der Waals surface area contributed by atoms with Crippen molar-refractivity contribution in [2.75, 3.05) is 12.4 Å². The Bertz CT molecular complexity index is 1200. The molecule has 0 atom stereocenters. The minimum atomic E-state index is -4.30. The zero-order valence-electron chi connectivity index (χ0n) is 22.6. The summed E-state index contributed by atoms with van der Waals surface area (Å²) in [5, 5.41) is 2.78. The van der Waals surface area contributed by atoms with Gasteiger partial charge in [-0.2, -0.15) is 0 Å². The van der Waals surface area contributed by atoms with Crippen molar-refractivity contribution in [3.63, 3.8) is 0 Å². The molecule has 1 aliphatic heterocycles. The third kappa shape index (κ3) is 5.55. The van der Waals surface area contributed by atoms with Crippen LogP contribution in [0.3, 0.4) is 0 Å². The topological polar surface area (TPSA) is 103 Å². The number of anilines is 1. The van der Waals surface area contributed by atoms with E-state index in [0.717, 1.165) is 11.1 Å². The lowest BCUT2D eigenvalue weighted by molar-refractivity contribution is 0.00578. The summed E-state index contributed by atoms with van der Waals surface area (Å²) in [6.45, 7) is 15.7. The molecule has 1 aliphatic rings. The number of carbonyl (C=O) groups is 1. The van der Waals surface area contributed by atoms with Crippen molar-refractivity contribution < 1.29 is 27.3 Å². The molecular formula is C26H37BN2O6S. The highest BCUT2D eigenvalue weighted by molar-refractivity contribution is 7.90. The molecule has 1 saturated heterocycles. The highest BCUT2D eigenvalue weighted by atomic mass is 32.2. The molecule has 1 fully saturated rings. The van der Waals surface area contributed by atoms with Crippen LogP contribution in [0.4, 0.5) is 10.5 Å². The number of para-hydroxylation sites is 1. The van der Waals surface area contributed by atoms with E-state index in [9.17, 15) is 13.2 Å². The van der Waals surface area contributed by atoms with Gasteiger partial charge in [0.1, 0.15) is 10.6 Å². The van der Waals surface area contributed by atoms with Gasteiger partial charge in [-0.05, 0) is 68.3 Å². The molecule has 0 aliphatic carbocycles. The number of benzene rings is 2. The van der Waals surface area contributed by atoms with Gasteiger partial charge in [0, 0.05) is 5.69 Å². The third-order valence-corrected chi connectivity index (χ3v) is 8.19. The Balaban J connectivity index is 1.92. The van der Waals surface area contributed by atoms with Crippen molar-refractivity contribution in [1.82, 2.24) is 4.72 Å². The molecule has 0 spiro atoms. The first-order valence-corrected chi connectivity index (χ1v) is 13.6. The molecule has 2 amide bonds. The summed E-state index contributed by atoms with van der Waals surface area (Å²) in [5.41, 5.74) is 1.79. The number of sulfonamides is 1. The molecule has 0 unspecified atom stereocenters. The van der Waals surface area contributed by atoms with Crippen LogP contribution in [0.15, 0.2) is 41.3 Å². The second kappa shape index (κ2) is 10.1. The summed E-state index contributed by atoms with van der Waals surface area (Å²) in [6.07, 6.45) is 0. The van der Waals surface area contributed by atoms with E-state index in [4.69, 9.17) is 14.0 Å². The summed E-state index contributed by atoms with van der Waals surface area (Å²) in [7, 11) is -3.69. The molecule has 10 heteroatoms. The Morgan fingerprint density at radius 3 is 1.94 bits per heavy atom. The molecule has 36 heavy (non-hydrogen) atoms. The quantitative estimate of drug-likeness (QED) is 0.515. The summed E-state index contributed by atoms with van der Waals surface area (Å²) < 4.78 is 46.2. The predicted molar refractivity (Wildman–Crippen MR) is 143 cm³/mol. The number of carbonyl (C=O) groups excluding carboxylic acids is 1. The number of urea groups is 1. The van der Waals surface area contributed by atoms with Gasteiger partial charge in [0.05, 0.1) is 18.3 Å². The summed E-state index contributed by atoms with van der Waals surface area (Å²) in [6, 6.07) is 9.57. The number of methoxy groups -OCH3 is 1. The summed E-state index contributed by atoms with van der Waals surface area (Å²) >= 11 is 0. The smallest absolute Gasteiger partial charge is 0.494 e. The van der Waals surface area contributed by atoms with Crippen molar-refractivity contribution >= 4 is 34.3 Å². The van der Waals surface area contributed by atoms with Crippen LogP contribution in [0.25, 0.3) is 0 Å². The van der Waals surface area contributed by atoms with E-state index in [1.54, 1.807) is 6.07 Å². The van der Waals surface area contributed by atoms with Crippen LogP contribution in [0, 0.1) is 0 Å². The maximum atomic E-state index is 13.3. The van der Waals surface area contributed by atoms with E-state index in [1.165, 1.54) is 19.2 Å². The number of nitrogens with one attached hydrogen (secondary N) is 2. The Kier molecular flexibility index (Phi) is 7.84. The van der Waals surface area contributed by atoms with Crippen LogP contribution >= 0.6 is 0 Å². The molecule has 3 rings (SSSR count). The average molecular weight is 516 g/mol. The SMILES string of the molecule is COc1ccc(B2OC(C)(C)C(C)(C)O2)cc1S(=O)(=O)NC(=O)Nc1c(C(C)C)cccc1C(C)C. The Hall–Kier alpha value is -2.56. The van der Waals surface area contributed by atoms with Gasteiger partial charge in [0.2, 0.25) is 0 Å². The van der Waals surface area contributed by atoms with Gasteiger partial charge >= 0.3 is 13.1 Å². The van der Waals surface area contributed by atoms with Gasteiger partial charge in [-0.15, -0.1) is 0 Å². The van der Waals surface area contributed by atoms with Gasteiger partial charge in [0.15, 0.2) is 0 Å². The standard InChI is InChI=1S/C26H37BN2O6S/c1-16(2)19-11-10-12-20(17(3)4)23(19)28-24(30)29-36(31,32)22-15-18(13-14-21(22)33-9)27-34-25(5,6)26(7,8)35-27/h10-17H,1-9H3,(H2,28,29,30). The normalized spacial score (nSPS) is 16.9. The van der Waals surface area contributed by atoms with Crippen LogP contribution in [0.1, 0.15) is 78.4 Å². The van der Waals surface area contributed by atoms with E-state index < -0.39 is 34.4 Å². The molecule has 0 radical (unpaired) electrons. The lowest BCUT2D eigenvalue weighted by Gasteiger charge is -2.32. The van der Waals surface area contributed by atoms with E-state index in [1.807, 2.05) is 73.6 Å². The maximum Gasteiger partial charge on any atom is 0.494 e. The van der Waals surface area contributed by atoms with Crippen LogP contribution < -0.4 is 20.2 Å². The number of amides is 2. The molecule has 0 bridgehead atoms. The van der Waals surface area contributed by atoms with Crippen molar-refractivity contribution in [3.05, 3.63) is 47.5 Å². The average Bonchev–Trinajstić information content (AvgIpc) is 2.99. The molecule has 2 aromatic carbocycles. The second-order valence-corrected chi connectivity index (χ2v) is 12.3. The molecule has 0 aromatic heterocycles. The fourth-order valence-corrected chi connectivity index (χ4v) is 5.15. The van der Waals surface area contributed by atoms with E-state index >= 15 is 0 Å². The fourth-order valence-electron chi connectivity index (χ4n) is 4.04. The predicted octanol–water partition coefficient (Wildman–Crippen LogP) is 4.75. The lowest BCUT2D eigenvalue weighted by Crippen LogP contribution is -2.41. The van der Waals surface area contributed by atoms with E-state index in [0.29, 0.717) is 11.2 Å². The monoisotopic (exact) mass is 516 g/mol. The third-order valence-electron chi connectivity index (χ3n) is 6.84. The van der Waals surface area contributed by atoms with Crippen LogP contribution in [-0.4, -0.2) is 39.9 Å². The largest absolute Gasteiger partial charge is 0.495 e. The number of hydrogen-bond acceptors (Lipinski definition) is 6. The Morgan fingerprint density at radius 2 is 1.47 bits per heavy atom. The minimum Gasteiger partial charge on any atom is -0.495 e. The maximum absolute atomic E-state index is 13.3. The first kappa shape index (κ1) is 28.0. The summed E-state index contributed by atoms with van der Waals surface area (Å²) in [4.78, 5) is 12.8. The highest BCUT2D eigenvalue weighted by Crippen LogP contribution is 2.37. The molecule has 2 N–H and O–H groups in total. The van der Waals surface area contributed by atoms with Gasteiger partial charge < -0.3 is 19.4 Å². The molecule has 8 nitrogen and oxygen atoms in total. The van der Waals surface area contributed by atoms with E-state index in [-0.39, 0.29) is 22.5 Å². The molecule has 1 heterocycles. The number of ether oxygens (including phenoxy) is 1. The van der Waals surface area contributed by atoms with Crippen LogP contribution in [-0.2, 0) is 19.3 Å². The van der Waals surface area contributed by atoms with Crippen molar-refractivity contribution in [2.24, 2.45) is 0 Å². The van der Waals surface area contributed by atoms with Crippen molar-refractivity contribution in [1.29, 1.82) is 0 Å². The van der Waals surface area contributed by atoms with E-state index in [2.05, 4.69) is 10.0 Å². The van der Waals surface area contributed by atoms with Gasteiger partial charge in [0.25, 0.3) is 10.0 Å². The van der Waals surface area contributed by atoms with Crippen LogP contribution in [0.5, 0.6) is 5.75 Å². The first-order chi connectivity index (χ1) is 16.6. The molecule has 2 aromatic rings. The fraction of sp³-hybridized carbons (Fsp3) is 0.500. The zero-order valence-corrected chi connectivity index (χ0v) is 23.4. The Morgan fingerprint density at radius 1 is 0.944 bits per heavy atom. The second-order valence-electron chi connectivity index (χ2n) is 10.7. The van der Waals surface area contributed by atoms with Gasteiger partial charge in [-0.1, -0.05) is 52.0 Å².